The summed E-state index contributed by atoms with van der Waals surface area (Å²) in [6.07, 6.45) is 4.81. The predicted octanol–water partition coefficient (Wildman–Crippen LogP) is 0.768. The molecule has 1 heterocycles. The van der Waals surface area contributed by atoms with Crippen LogP contribution in [0.4, 0.5) is 0 Å². The van der Waals surface area contributed by atoms with Gasteiger partial charge in [0.25, 0.3) is 0 Å². The summed E-state index contributed by atoms with van der Waals surface area (Å²) in [6, 6.07) is 0. The van der Waals surface area contributed by atoms with E-state index in [1.54, 1.807) is 0 Å². The molecule has 1 rings (SSSR count). The molecule has 4 heteroatoms. The van der Waals surface area contributed by atoms with E-state index in [9.17, 15) is 0 Å². The van der Waals surface area contributed by atoms with Crippen LogP contribution in [0.5, 0.6) is 0 Å². The molecule has 74 valence electrons. The van der Waals surface area contributed by atoms with E-state index in [4.69, 9.17) is 10.5 Å². The Morgan fingerprint density at radius 3 is 3.08 bits per heavy atom. The van der Waals surface area contributed by atoms with Gasteiger partial charge in [-0.3, -0.25) is 0 Å². The number of aromatic nitrogens is 2. The van der Waals surface area contributed by atoms with E-state index in [0.29, 0.717) is 6.54 Å². The van der Waals surface area contributed by atoms with Crippen LogP contribution >= 0.6 is 0 Å². The van der Waals surface area contributed by atoms with Crippen molar-refractivity contribution in [1.29, 1.82) is 0 Å². The smallest absolute Gasteiger partial charge is 0.0949 e. The van der Waals surface area contributed by atoms with E-state index in [-0.39, 0.29) is 0 Å². The van der Waals surface area contributed by atoms with Crippen molar-refractivity contribution in [3.8, 4) is 0 Å². The Kier molecular flexibility index (Phi) is 4.49. The molecular formula is C9H17N3O. The zero-order valence-corrected chi connectivity index (χ0v) is 8.07. The first-order valence-corrected chi connectivity index (χ1v) is 4.65. The fraction of sp³-hybridized carbons (Fsp3) is 0.667. The number of nitrogens with two attached hydrogens (primary N) is 1. The maximum absolute atomic E-state index is 5.44. The summed E-state index contributed by atoms with van der Waals surface area (Å²) in [4.78, 5) is 4.13. The standard InChI is InChI=1S/C9H17N3O/c1-2-13-5-3-4-12-7-9(6-10)11-8-12/h7-8H,2-6,10H2,1H3. The van der Waals surface area contributed by atoms with Gasteiger partial charge in [0.05, 0.1) is 12.0 Å². The van der Waals surface area contributed by atoms with Crippen LogP contribution in [0.2, 0.25) is 0 Å². The number of hydrogen-bond donors (Lipinski definition) is 1. The van der Waals surface area contributed by atoms with E-state index in [2.05, 4.69) is 4.98 Å². The molecule has 0 aliphatic heterocycles. The topological polar surface area (TPSA) is 53.1 Å². The zero-order chi connectivity index (χ0) is 9.52. The largest absolute Gasteiger partial charge is 0.382 e. The van der Waals surface area contributed by atoms with Gasteiger partial charge in [-0.05, 0) is 13.3 Å². The van der Waals surface area contributed by atoms with Crippen LogP contribution in [0.25, 0.3) is 0 Å². The fourth-order valence-corrected chi connectivity index (χ4v) is 1.13. The summed E-state index contributed by atoms with van der Waals surface area (Å²) in [5, 5.41) is 0. The molecule has 0 saturated heterocycles. The molecule has 0 aliphatic rings. The molecule has 13 heavy (non-hydrogen) atoms. The molecule has 0 aliphatic carbocycles. The Labute approximate surface area is 78.7 Å². The highest BCUT2D eigenvalue weighted by molar-refractivity contribution is 4.95. The lowest BCUT2D eigenvalue weighted by Crippen LogP contribution is -2.01. The van der Waals surface area contributed by atoms with Gasteiger partial charge in [-0.1, -0.05) is 0 Å². The number of aryl methyl sites for hydroxylation is 1. The monoisotopic (exact) mass is 183 g/mol. The average molecular weight is 183 g/mol. The van der Waals surface area contributed by atoms with E-state index in [0.717, 1.165) is 31.9 Å². The lowest BCUT2D eigenvalue weighted by molar-refractivity contribution is 0.141. The maximum Gasteiger partial charge on any atom is 0.0949 e. The van der Waals surface area contributed by atoms with Gasteiger partial charge in [-0.15, -0.1) is 0 Å². The van der Waals surface area contributed by atoms with Crippen molar-refractivity contribution >= 4 is 0 Å². The second kappa shape index (κ2) is 5.72. The molecule has 0 amide bonds. The van der Waals surface area contributed by atoms with Crippen LogP contribution < -0.4 is 5.73 Å². The molecule has 1 aromatic rings. The van der Waals surface area contributed by atoms with Gasteiger partial charge < -0.3 is 15.0 Å². The number of ether oxygens (including phenoxy) is 1. The van der Waals surface area contributed by atoms with Crippen LogP contribution in [-0.2, 0) is 17.8 Å². The summed E-state index contributed by atoms with van der Waals surface area (Å²) in [6.45, 7) is 5.07. The van der Waals surface area contributed by atoms with E-state index in [1.165, 1.54) is 0 Å². The molecule has 4 nitrogen and oxygen atoms in total. The Bertz CT molecular complexity index is 235. The summed E-state index contributed by atoms with van der Waals surface area (Å²) in [5.41, 5.74) is 6.38. The van der Waals surface area contributed by atoms with Gasteiger partial charge in [0, 0.05) is 32.5 Å². The minimum absolute atomic E-state index is 0.512. The van der Waals surface area contributed by atoms with Crippen molar-refractivity contribution in [2.45, 2.75) is 26.4 Å². The van der Waals surface area contributed by atoms with E-state index < -0.39 is 0 Å². The number of hydrogen-bond acceptors (Lipinski definition) is 3. The summed E-state index contributed by atoms with van der Waals surface area (Å²) < 4.78 is 7.27. The zero-order valence-electron chi connectivity index (χ0n) is 8.07. The summed E-state index contributed by atoms with van der Waals surface area (Å²) in [5.74, 6) is 0. The van der Waals surface area contributed by atoms with Gasteiger partial charge in [-0.2, -0.15) is 0 Å². The minimum Gasteiger partial charge on any atom is -0.382 e. The van der Waals surface area contributed by atoms with Crippen molar-refractivity contribution < 1.29 is 4.74 Å². The molecule has 0 unspecified atom stereocenters. The minimum atomic E-state index is 0.512. The third-order valence-corrected chi connectivity index (χ3v) is 1.80. The first-order valence-electron chi connectivity index (χ1n) is 4.65. The number of rotatable bonds is 6. The highest BCUT2D eigenvalue weighted by atomic mass is 16.5. The van der Waals surface area contributed by atoms with Crippen molar-refractivity contribution in [2.75, 3.05) is 13.2 Å². The van der Waals surface area contributed by atoms with Gasteiger partial charge in [0.15, 0.2) is 0 Å². The van der Waals surface area contributed by atoms with Gasteiger partial charge in [0.2, 0.25) is 0 Å². The summed E-state index contributed by atoms with van der Waals surface area (Å²) in [7, 11) is 0. The van der Waals surface area contributed by atoms with Crippen molar-refractivity contribution in [1.82, 2.24) is 9.55 Å². The van der Waals surface area contributed by atoms with E-state index >= 15 is 0 Å². The normalized spacial score (nSPS) is 10.6. The van der Waals surface area contributed by atoms with Crippen LogP contribution in [0.1, 0.15) is 19.0 Å². The SMILES string of the molecule is CCOCCCn1cnc(CN)c1. The maximum atomic E-state index is 5.44. The van der Waals surface area contributed by atoms with Crippen LogP contribution in [0.15, 0.2) is 12.5 Å². The Hall–Kier alpha value is -0.870. The summed E-state index contributed by atoms with van der Waals surface area (Å²) >= 11 is 0. The molecule has 0 spiro atoms. The quantitative estimate of drug-likeness (QED) is 0.663. The first kappa shape index (κ1) is 10.2. The first-order chi connectivity index (χ1) is 6.36. The predicted molar refractivity (Wildman–Crippen MR) is 51.2 cm³/mol. The van der Waals surface area contributed by atoms with Gasteiger partial charge >= 0.3 is 0 Å². The van der Waals surface area contributed by atoms with Crippen LogP contribution in [0, 0.1) is 0 Å². The Morgan fingerprint density at radius 2 is 2.46 bits per heavy atom. The second-order valence-corrected chi connectivity index (χ2v) is 2.86. The molecular weight excluding hydrogens is 166 g/mol. The number of nitrogens with zero attached hydrogens (tertiary/aromatic N) is 2. The van der Waals surface area contributed by atoms with Crippen LogP contribution in [-0.4, -0.2) is 22.8 Å². The van der Waals surface area contributed by atoms with Crippen LogP contribution in [0.3, 0.4) is 0 Å². The molecule has 0 saturated carbocycles. The number of imidazole rings is 1. The lowest BCUT2D eigenvalue weighted by atomic mass is 10.4. The Morgan fingerprint density at radius 1 is 1.62 bits per heavy atom. The fourth-order valence-electron chi connectivity index (χ4n) is 1.13. The highest BCUT2D eigenvalue weighted by Crippen LogP contribution is 1.96. The molecule has 0 aromatic carbocycles. The lowest BCUT2D eigenvalue weighted by Gasteiger charge is -2.01. The highest BCUT2D eigenvalue weighted by Gasteiger charge is 1.95. The molecule has 0 atom stereocenters. The van der Waals surface area contributed by atoms with Crippen molar-refractivity contribution in [2.24, 2.45) is 5.73 Å². The second-order valence-electron chi connectivity index (χ2n) is 2.86. The molecule has 0 radical (unpaired) electrons. The van der Waals surface area contributed by atoms with Crippen molar-refractivity contribution in [3.63, 3.8) is 0 Å². The van der Waals surface area contributed by atoms with Gasteiger partial charge in [0.1, 0.15) is 0 Å². The molecule has 1 aromatic heterocycles. The van der Waals surface area contributed by atoms with Gasteiger partial charge in [-0.25, -0.2) is 4.98 Å². The average Bonchev–Trinajstić information content (AvgIpc) is 2.60. The molecule has 2 N–H and O–H groups in total. The third kappa shape index (κ3) is 3.57. The third-order valence-electron chi connectivity index (χ3n) is 1.80. The molecule has 0 bridgehead atoms. The Balaban J connectivity index is 2.20. The van der Waals surface area contributed by atoms with E-state index in [1.807, 2.05) is 24.0 Å². The molecule has 0 fully saturated rings. The van der Waals surface area contributed by atoms with Crippen molar-refractivity contribution in [3.05, 3.63) is 18.2 Å².